The van der Waals surface area contributed by atoms with E-state index < -0.39 is 10.0 Å². The van der Waals surface area contributed by atoms with Gasteiger partial charge in [0.05, 0.1) is 12.3 Å². The summed E-state index contributed by atoms with van der Waals surface area (Å²) in [6.07, 6.45) is 0. The van der Waals surface area contributed by atoms with Crippen LogP contribution in [0.1, 0.15) is 29.2 Å². The summed E-state index contributed by atoms with van der Waals surface area (Å²) in [5.74, 6) is 0.700. The quantitative estimate of drug-likeness (QED) is 0.286. The first-order chi connectivity index (χ1) is 12.9. The van der Waals surface area contributed by atoms with Gasteiger partial charge >= 0.3 is 0 Å². The maximum absolute atomic E-state index is 11.7. The smallest absolute Gasteiger partial charge is 0.215 e. The number of guanidine groups is 1. The SMILES string of the molecule is CCNC(=NCc1cccc(C)c1)NCc1cccc(CS(=O)(=O)NC)c1.I. The Morgan fingerprint density at radius 1 is 1.00 bits per heavy atom. The lowest BCUT2D eigenvalue weighted by Gasteiger charge is -2.12. The third-order valence-corrected chi connectivity index (χ3v) is 5.30. The van der Waals surface area contributed by atoms with E-state index >= 15 is 0 Å². The molecule has 0 aliphatic rings. The van der Waals surface area contributed by atoms with Gasteiger partial charge < -0.3 is 10.6 Å². The molecule has 0 radical (unpaired) electrons. The Morgan fingerprint density at radius 2 is 1.68 bits per heavy atom. The van der Waals surface area contributed by atoms with Crippen molar-refractivity contribution >= 4 is 40.0 Å². The zero-order valence-corrected chi connectivity index (χ0v) is 19.7. The standard InChI is InChI=1S/C20H28N4O2S.HI/c1-4-22-20(23-13-17-8-5-7-16(2)11-17)24-14-18-9-6-10-19(12-18)15-27(25,26)21-3;/h5-12,21H,4,13-15H2,1-3H3,(H2,22,23,24);1H. The summed E-state index contributed by atoms with van der Waals surface area (Å²) in [7, 11) is -1.85. The summed E-state index contributed by atoms with van der Waals surface area (Å²) in [6, 6.07) is 15.8. The molecule has 0 aliphatic heterocycles. The molecule has 0 saturated heterocycles. The van der Waals surface area contributed by atoms with Crippen molar-refractivity contribution in [1.29, 1.82) is 0 Å². The number of halogens is 1. The molecule has 2 aromatic carbocycles. The average molecular weight is 516 g/mol. The number of aliphatic imine (C=N–C) groups is 1. The number of sulfonamides is 1. The summed E-state index contributed by atoms with van der Waals surface area (Å²) in [4.78, 5) is 4.62. The minimum atomic E-state index is -3.28. The zero-order chi connectivity index (χ0) is 19.7. The Hall–Kier alpha value is -1.65. The number of nitrogens with one attached hydrogen (secondary N) is 3. The predicted molar refractivity (Wildman–Crippen MR) is 126 cm³/mol. The maximum Gasteiger partial charge on any atom is 0.215 e. The molecule has 8 heteroatoms. The highest BCUT2D eigenvalue weighted by Gasteiger charge is 2.09. The molecule has 2 rings (SSSR count). The van der Waals surface area contributed by atoms with Gasteiger partial charge in [0.15, 0.2) is 5.96 Å². The fourth-order valence-electron chi connectivity index (χ4n) is 2.63. The highest BCUT2D eigenvalue weighted by atomic mass is 127. The third-order valence-electron chi connectivity index (χ3n) is 3.97. The Morgan fingerprint density at radius 3 is 2.36 bits per heavy atom. The van der Waals surface area contributed by atoms with Crippen LogP contribution in [-0.4, -0.2) is 28.0 Å². The summed E-state index contributed by atoms with van der Waals surface area (Å²) < 4.78 is 25.8. The monoisotopic (exact) mass is 516 g/mol. The highest BCUT2D eigenvalue weighted by Crippen LogP contribution is 2.09. The summed E-state index contributed by atoms with van der Waals surface area (Å²) in [5.41, 5.74) is 4.13. The van der Waals surface area contributed by atoms with Crippen molar-refractivity contribution in [1.82, 2.24) is 15.4 Å². The van der Waals surface area contributed by atoms with E-state index in [0.29, 0.717) is 13.1 Å². The molecule has 0 heterocycles. The number of hydrogen-bond acceptors (Lipinski definition) is 3. The molecule has 0 spiro atoms. The van der Waals surface area contributed by atoms with Crippen LogP contribution in [0.15, 0.2) is 53.5 Å². The van der Waals surface area contributed by atoms with E-state index in [2.05, 4.69) is 45.5 Å². The molecule has 0 atom stereocenters. The van der Waals surface area contributed by atoms with Crippen LogP contribution in [0.4, 0.5) is 0 Å². The minimum Gasteiger partial charge on any atom is -0.357 e. The molecule has 0 aliphatic carbocycles. The lowest BCUT2D eigenvalue weighted by molar-refractivity contribution is 0.587. The highest BCUT2D eigenvalue weighted by molar-refractivity contribution is 14.0. The number of benzene rings is 2. The molecular formula is C20H29IN4O2S. The fraction of sp³-hybridized carbons (Fsp3) is 0.350. The van der Waals surface area contributed by atoms with E-state index in [-0.39, 0.29) is 29.7 Å². The van der Waals surface area contributed by atoms with Gasteiger partial charge in [-0.2, -0.15) is 0 Å². The predicted octanol–water partition coefficient (Wildman–Crippen LogP) is 2.92. The Labute approximate surface area is 185 Å². The van der Waals surface area contributed by atoms with E-state index in [1.807, 2.05) is 37.3 Å². The van der Waals surface area contributed by atoms with E-state index in [1.165, 1.54) is 12.6 Å². The Balaban J connectivity index is 0.00000392. The first kappa shape index (κ1) is 24.4. The van der Waals surface area contributed by atoms with Crippen molar-refractivity contribution in [3.05, 3.63) is 70.8 Å². The van der Waals surface area contributed by atoms with Gasteiger partial charge in [-0.3, -0.25) is 0 Å². The van der Waals surface area contributed by atoms with Crippen LogP contribution in [0, 0.1) is 6.92 Å². The van der Waals surface area contributed by atoms with Crippen LogP contribution in [0.5, 0.6) is 0 Å². The molecule has 0 fully saturated rings. The van der Waals surface area contributed by atoms with Crippen LogP contribution in [-0.2, 0) is 28.9 Å². The first-order valence-electron chi connectivity index (χ1n) is 8.98. The Kier molecular flexibility index (Phi) is 10.5. The van der Waals surface area contributed by atoms with Gasteiger partial charge in [-0.15, -0.1) is 24.0 Å². The lowest BCUT2D eigenvalue weighted by Crippen LogP contribution is -2.36. The molecule has 6 nitrogen and oxygen atoms in total. The average Bonchev–Trinajstić information content (AvgIpc) is 2.64. The lowest BCUT2D eigenvalue weighted by atomic mass is 10.1. The van der Waals surface area contributed by atoms with Crippen LogP contribution < -0.4 is 15.4 Å². The molecule has 0 amide bonds. The number of rotatable bonds is 8. The van der Waals surface area contributed by atoms with E-state index in [1.54, 1.807) is 0 Å². The molecule has 0 aromatic heterocycles. The topological polar surface area (TPSA) is 82.6 Å². The molecule has 0 bridgehead atoms. The van der Waals surface area contributed by atoms with Crippen LogP contribution >= 0.6 is 24.0 Å². The molecule has 2 aromatic rings. The van der Waals surface area contributed by atoms with Gasteiger partial charge in [0.1, 0.15) is 0 Å². The molecule has 0 saturated carbocycles. The van der Waals surface area contributed by atoms with E-state index in [4.69, 9.17) is 0 Å². The van der Waals surface area contributed by atoms with Crippen LogP contribution in [0.25, 0.3) is 0 Å². The van der Waals surface area contributed by atoms with Crippen molar-refractivity contribution in [3.8, 4) is 0 Å². The molecule has 154 valence electrons. The number of nitrogens with zero attached hydrogens (tertiary/aromatic N) is 1. The van der Waals surface area contributed by atoms with Crippen molar-refractivity contribution < 1.29 is 8.42 Å². The van der Waals surface area contributed by atoms with Gasteiger partial charge in [-0.1, -0.05) is 54.1 Å². The van der Waals surface area contributed by atoms with Crippen molar-refractivity contribution in [2.45, 2.75) is 32.7 Å². The molecule has 3 N–H and O–H groups in total. The van der Waals surface area contributed by atoms with Crippen molar-refractivity contribution in [2.75, 3.05) is 13.6 Å². The molecule has 0 unspecified atom stereocenters. The van der Waals surface area contributed by atoms with Crippen molar-refractivity contribution in [2.24, 2.45) is 4.99 Å². The zero-order valence-electron chi connectivity index (χ0n) is 16.5. The van der Waals surface area contributed by atoms with Gasteiger partial charge in [0.25, 0.3) is 0 Å². The summed E-state index contributed by atoms with van der Waals surface area (Å²) >= 11 is 0. The fourth-order valence-corrected chi connectivity index (χ4v) is 3.39. The normalized spacial score (nSPS) is 11.6. The Bertz CT molecular complexity index is 885. The molecule has 28 heavy (non-hydrogen) atoms. The summed E-state index contributed by atoms with van der Waals surface area (Å²) in [5, 5.41) is 6.53. The van der Waals surface area contributed by atoms with E-state index in [9.17, 15) is 8.42 Å². The second kappa shape index (κ2) is 12.0. The van der Waals surface area contributed by atoms with Gasteiger partial charge in [0.2, 0.25) is 10.0 Å². The second-order valence-corrected chi connectivity index (χ2v) is 8.25. The number of aryl methyl sites for hydroxylation is 1. The number of hydrogen-bond donors (Lipinski definition) is 3. The van der Waals surface area contributed by atoms with Gasteiger partial charge in [-0.25, -0.2) is 18.1 Å². The van der Waals surface area contributed by atoms with Gasteiger partial charge in [0, 0.05) is 13.1 Å². The summed E-state index contributed by atoms with van der Waals surface area (Å²) in [6.45, 7) is 6.01. The largest absolute Gasteiger partial charge is 0.357 e. The first-order valence-corrected chi connectivity index (χ1v) is 10.6. The second-order valence-electron chi connectivity index (χ2n) is 6.32. The van der Waals surface area contributed by atoms with Crippen LogP contribution in [0.2, 0.25) is 0 Å². The molecular weight excluding hydrogens is 487 g/mol. The van der Waals surface area contributed by atoms with Gasteiger partial charge in [-0.05, 0) is 37.6 Å². The van der Waals surface area contributed by atoms with Crippen LogP contribution in [0.3, 0.4) is 0 Å². The van der Waals surface area contributed by atoms with Crippen molar-refractivity contribution in [3.63, 3.8) is 0 Å². The third kappa shape index (κ3) is 8.57. The minimum absolute atomic E-state index is 0. The van der Waals surface area contributed by atoms with E-state index in [0.717, 1.165) is 29.2 Å². The maximum atomic E-state index is 11.7.